The summed E-state index contributed by atoms with van der Waals surface area (Å²) in [6.45, 7) is 1.43. The van der Waals surface area contributed by atoms with Gasteiger partial charge in [-0.3, -0.25) is 19.3 Å². The van der Waals surface area contributed by atoms with Gasteiger partial charge in [0.25, 0.3) is 5.91 Å². The third-order valence-corrected chi connectivity index (χ3v) is 6.28. The molecule has 3 amide bonds. The van der Waals surface area contributed by atoms with Crippen molar-refractivity contribution in [3.63, 3.8) is 0 Å². The Morgan fingerprint density at radius 2 is 1.75 bits per heavy atom. The van der Waals surface area contributed by atoms with Gasteiger partial charge in [-0.2, -0.15) is 0 Å². The highest BCUT2D eigenvalue weighted by Gasteiger charge is 2.35. The Balaban J connectivity index is 1.79. The van der Waals surface area contributed by atoms with Gasteiger partial charge in [0.15, 0.2) is 5.76 Å². The van der Waals surface area contributed by atoms with Crippen molar-refractivity contribution >= 4 is 29.1 Å². The minimum atomic E-state index is -0.980. The summed E-state index contributed by atoms with van der Waals surface area (Å²) in [6.07, 6.45) is 6.54. The lowest BCUT2D eigenvalue weighted by Crippen LogP contribution is -2.47. The van der Waals surface area contributed by atoms with Gasteiger partial charge in [-0.15, -0.1) is 0 Å². The molecule has 1 atom stereocenters. The van der Waals surface area contributed by atoms with Gasteiger partial charge >= 0.3 is 0 Å². The molecule has 3 aromatic rings. The van der Waals surface area contributed by atoms with Crippen LogP contribution in [0, 0.1) is 0 Å². The Kier molecular flexibility index (Phi) is 8.05. The minimum absolute atomic E-state index is 0.0575. The first-order chi connectivity index (χ1) is 17.5. The average molecular weight is 490 g/mol. The zero-order valence-corrected chi connectivity index (χ0v) is 20.5. The largest absolute Gasteiger partial charge is 0.497 e. The van der Waals surface area contributed by atoms with Crippen LogP contribution in [-0.4, -0.2) is 30.9 Å². The van der Waals surface area contributed by atoms with Crippen molar-refractivity contribution in [1.29, 1.82) is 0 Å². The van der Waals surface area contributed by atoms with Crippen molar-refractivity contribution in [3.8, 4) is 5.75 Å². The predicted octanol–water partition coefficient (Wildman–Crippen LogP) is 5.08. The molecule has 2 N–H and O–H groups in total. The highest BCUT2D eigenvalue weighted by atomic mass is 16.5. The summed E-state index contributed by atoms with van der Waals surface area (Å²) in [6, 6.07) is 16.2. The van der Waals surface area contributed by atoms with Gasteiger partial charge in [-0.25, -0.2) is 0 Å². The van der Waals surface area contributed by atoms with Gasteiger partial charge in [-0.05, 0) is 66.9 Å². The second kappa shape index (κ2) is 11.6. The standard InChI is InChI=1S/C28H31N3O5/c1-19(32)29-22-13-15-23(16-14-22)31(28(34)25-12-7-17-36-25)26(20-8-6-11-24(18-20)35-2)27(33)30-21-9-4-3-5-10-21/h6-8,11-18,21,26H,3-5,9-10H2,1-2H3,(H,29,32)(H,30,33). The smallest absolute Gasteiger partial charge is 0.294 e. The molecule has 4 rings (SSSR count). The van der Waals surface area contributed by atoms with E-state index in [0.29, 0.717) is 22.7 Å². The molecule has 1 heterocycles. The lowest BCUT2D eigenvalue weighted by atomic mass is 9.94. The van der Waals surface area contributed by atoms with Crippen molar-refractivity contribution in [2.24, 2.45) is 0 Å². The Morgan fingerprint density at radius 3 is 2.39 bits per heavy atom. The molecular formula is C28H31N3O5. The number of benzene rings is 2. The topological polar surface area (TPSA) is 101 Å². The summed E-state index contributed by atoms with van der Waals surface area (Å²) >= 11 is 0. The fraction of sp³-hybridized carbons (Fsp3) is 0.321. The molecule has 1 fully saturated rings. The number of rotatable bonds is 8. The summed E-state index contributed by atoms with van der Waals surface area (Å²) in [4.78, 5) is 40.6. The molecule has 1 unspecified atom stereocenters. The third-order valence-electron chi connectivity index (χ3n) is 6.28. The highest BCUT2D eigenvalue weighted by molar-refractivity contribution is 6.08. The number of ether oxygens (including phenoxy) is 1. The Morgan fingerprint density at radius 1 is 1.00 bits per heavy atom. The SMILES string of the molecule is COc1cccc(C(C(=O)NC2CCCCC2)N(C(=O)c2ccco2)c2ccc(NC(C)=O)cc2)c1. The highest BCUT2D eigenvalue weighted by Crippen LogP contribution is 2.33. The summed E-state index contributed by atoms with van der Waals surface area (Å²) in [7, 11) is 1.56. The van der Waals surface area contributed by atoms with Crippen molar-refractivity contribution in [3.05, 3.63) is 78.3 Å². The number of carbonyl (C=O) groups is 3. The number of nitrogens with zero attached hydrogens (tertiary/aromatic N) is 1. The first-order valence-electron chi connectivity index (χ1n) is 12.2. The number of nitrogens with one attached hydrogen (secondary N) is 2. The number of amides is 3. The van der Waals surface area contributed by atoms with Crippen LogP contribution in [0.5, 0.6) is 5.75 Å². The van der Waals surface area contributed by atoms with E-state index in [4.69, 9.17) is 9.15 Å². The number of hydrogen-bond acceptors (Lipinski definition) is 5. The van der Waals surface area contributed by atoms with Gasteiger partial charge in [0.1, 0.15) is 11.8 Å². The summed E-state index contributed by atoms with van der Waals surface area (Å²) in [5.74, 6) is -0.249. The quantitative estimate of drug-likeness (QED) is 0.459. The third kappa shape index (κ3) is 5.94. The predicted molar refractivity (Wildman–Crippen MR) is 137 cm³/mol. The van der Waals surface area contributed by atoms with Gasteiger partial charge < -0.3 is 19.8 Å². The molecule has 1 aliphatic carbocycles. The number of methoxy groups -OCH3 is 1. The van der Waals surface area contributed by atoms with E-state index in [-0.39, 0.29) is 23.6 Å². The van der Waals surface area contributed by atoms with Crippen LogP contribution < -0.4 is 20.3 Å². The molecular weight excluding hydrogens is 458 g/mol. The number of carbonyl (C=O) groups excluding carboxylic acids is 3. The van der Waals surface area contributed by atoms with E-state index in [9.17, 15) is 14.4 Å². The van der Waals surface area contributed by atoms with Crippen LogP contribution in [-0.2, 0) is 9.59 Å². The minimum Gasteiger partial charge on any atom is -0.497 e. The normalized spacial score (nSPS) is 14.5. The monoisotopic (exact) mass is 489 g/mol. The number of anilines is 2. The lowest BCUT2D eigenvalue weighted by molar-refractivity contribution is -0.123. The maximum absolute atomic E-state index is 13.9. The van der Waals surface area contributed by atoms with Crippen LogP contribution in [0.15, 0.2) is 71.3 Å². The number of hydrogen-bond donors (Lipinski definition) is 2. The first kappa shape index (κ1) is 25.0. The van der Waals surface area contributed by atoms with Crippen molar-refractivity contribution in [2.75, 3.05) is 17.3 Å². The molecule has 188 valence electrons. The molecule has 1 saturated carbocycles. The number of furan rings is 1. The lowest BCUT2D eigenvalue weighted by Gasteiger charge is -2.33. The fourth-order valence-electron chi connectivity index (χ4n) is 4.57. The van der Waals surface area contributed by atoms with Crippen molar-refractivity contribution in [1.82, 2.24) is 5.32 Å². The van der Waals surface area contributed by atoms with Crippen molar-refractivity contribution in [2.45, 2.75) is 51.1 Å². The van der Waals surface area contributed by atoms with Crippen LogP contribution in [0.2, 0.25) is 0 Å². The van der Waals surface area contributed by atoms with E-state index < -0.39 is 11.9 Å². The summed E-state index contributed by atoms with van der Waals surface area (Å²) in [5, 5.41) is 5.91. The van der Waals surface area contributed by atoms with E-state index in [1.807, 2.05) is 6.07 Å². The van der Waals surface area contributed by atoms with Gasteiger partial charge in [0.2, 0.25) is 11.8 Å². The van der Waals surface area contributed by atoms with E-state index in [2.05, 4.69) is 10.6 Å². The van der Waals surface area contributed by atoms with Crippen LogP contribution in [0.1, 0.15) is 61.2 Å². The second-order valence-electron chi connectivity index (χ2n) is 8.90. The average Bonchev–Trinajstić information content (AvgIpc) is 3.43. The van der Waals surface area contributed by atoms with Crippen molar-refractivity contribution < 1.29 is 23.5 Å². The van der Waals surface area contributed by atoms with Gasteiger partial charge in [0.05, 0.1) is 13.4 Å². The zero-order valence-electron chi connectivity index (χ0n) is 20.5. The molecule has 2 aromatic carbocycles. The fourth-order valence-corrected chi connectivity index (χ4v) is 4.57. The van der Waals surface area contributed by atoms with E-state index in [0.717, 1.165) is 32.1 Å². The maximum Gasteiger partial charge on any atom is 0.294 e. The maximum atomic E-state index is 13.9. The molecule has 1 aromatic heterocycles. The molecule has 0 bridgehead atoms. The van der Waals surface area contributed by atoms with Gasteiger partial charge in [0, 0.05) is 24.3 Å². The van der Waals surface area contributed by atoms with E-state index >= 15 is 0 Å². The molecule has 0 radical (unpaired) electrons. The van der Waals surface area contributed by atoms with Crippen LogP contribution in [0.4, 0.5) is 11.4 Å². The molecule has 8 nitrogen and oxygen atoms in total. The Bertz CT molecular complexity index is 1180. The van der Waals surface area contributed by atoms with E-state index in [1.54, 1.807) is 61.7 Å². The van der Waals surface area contributed by atoms with Crippen LogP contribution in [0.3, 0.4) is 0 Å². The molecule has 0 aliphatic heterocycles. The molecule has 36 heavy (non-hydrogen) atoms. The summed E-state index contributed by atoms with van der Waals surface area (Å²) < 4.78 is 10.8. The summed E-state index contributed by atoms with van der Waals surface area (Å²) in [5.41, 5.74) is 1.67. The van der Waals surface area contributed by atoms with Crippen LogP contribution >= 0.6 is 0 Å². The Hall–Kier alpha value is -4.07. The second-order valence-corrected chi connectivity index (χ2v) is 8.90. The first-order valence-corrected chi connectivity index (χ1v) is 12.2. The molecule has 0 spiro atoms. The molecule has 0 saturated heterocycles. The van der Waals surface area contributed by atoms with Crippen LogP contribution in [0.25, 0.3) is 0 Å². The zero-order chi connectivity index (χ0) is 25.5. The van der Waals surface area contributed by atoms with Gasteiger partial charge in [-0.1, -0.05) is 31.4 Å². The van der Waals surface area contributed by atoms with E-state index in [1.165, 1.54) is 18.1 Å². The Labute approximate surface area is 210 Å². The molecule has 1 aliphatic rings. The molecule has 8 heteroatoms.